The van der Waals surface area contributed by atoms with E-state index in [1.165, 1.54) is 16.7 Å². The van der Waals surface area contributed by atoms with Gasteiger partial charge in [0.15, 0.2) is 0 Å². The molecule has 1 N–H and O–H groups in total. The highest BCUT2D eigenvalue weighted by atomic mass is 16.5. The van der Waals surface area contributed by atoms with Crippen molar-refractivity contribution in [2.24, 2.45) is 0 Å². The molecule has 0 aliphatic heterocycles. The largest absolute Gasteiger partial charge is 0.381 e. The van der Waals surface area contributed by atoms with E-state index >= 15 is 0 Å². The molecular formula is C16H19NO. The van der Waals surface area contributed by atoms with Gasteiger partial charge in [-0.05, 0) is 30.2 Å². The number of nitrogens with one attached hydrogen (secondary N) is 1. The molecule has 18 heavy (non-hydrogen) atoms. The molecule has 2 aromatic rings. The Hall–Kier alpha value is -1.80. The number of hydrogen-bond donors (Lipinski definition) is 1. The zero-order chi connectivity index (χ0) is 12.8. The van der Waals surface area contributed by atoms with Gasteiger partial charge in [0.1, 0.15) is 0 Å². The Morgan fingerprint density at radius 3 is 2.11 bits per heavy atom. The van der Waals surface area contributed by atoms with Crippen LogP contribution in [0.25, 0.3) is 0 Å². The van der Waals surface area contributed by atoms with Gasteiger partial charge in [-0.2, -0.15) is 0 Å². The van der Waals surface area contributed by atoms with Crippen LogP contribution in [0.4, 0.5) is 5.69 Å². The summed E-state index contributed by atoms with van der Waals surface area (Å²) in [6, 6.07) is 16.9. The van der Waals surface area contributed by atoms with Crippen molar-refractivity contribution in [2.45, 2.75) is 20.1 Å². The number of methoxy groups -OCH3 is 1. The molecule has 0 aromatic heterocycles. The first-order chi connectivity index (χ1) is 8.78. The molecule has 0 spiro atoms. The van der Waals surface area contributed by atoms with E-state index in [2.05, 4.69) is 60.8 Å². The van der Waals surface area contributed by atoms with Crippen LogP contribution in [0.3, 0.4) is 0 Å². The minimum atomic E-state index is 0.672. The SMILES string of the molecule is COCc1ccc(CNc2ccc(C)cc2)cc1. The Labute approximate surface area is 109 Å². The molecule has 0 radical (unpaired) electrons. The van der Waals surface area contributed by atoms with Gasteiger partial charge in [0.25, 0.3) is 0 Å². The maximum atomic E-state index is 5.09. The normalized spacial score (nSPS) is 10.3. The lowest BCUT2D eigenvalue weighted by atomic mass is 10.1. The molecule has 0 saturated heterocycles. The summed E-state index contributed by atoms with van der Waals surface area (Å²) < 4.78 is 5.09. The third-order valence-corrected chi connectivity index (χ3v) is 2.88. The van der Waals surface area contributed by atoms with Crippen molar-refractivity contribution >= 4 is 5.69 Å². The van der Waals surface area contributed by atoms with Gasteiger partial charge in [0.2, 0.25) is 0 Å². The van der Waals surface area contributed by atoms with Gasteiger partial charge in [-0.15, -0.1) is 0 Å². The van der Waals surface area contributed by atoms with E-state index in [-0.39, 0.29) is 0 Å². The van der Waals surface area contributed by atoms with Crippen molar-refractivity contribution in [3.05, 3.63) is 65.2 Å². The van der Waals surface area contributed by atoms with E-state index in [0.29, 0.717) is 6.61 Å². The maximum Gasteiger partial charge on any atom is 0.0713 e. The molecular weight excluding hydrogens is 222 g/mol. The minimum Gasteiger partial charge on any atom is -0.381 e. The van der Waals surface area contributed by atoms with E-state index in [9.17, 15) is 0 Å². The van der Waals surface area contributed by atoms with Crippen molar-refractivity contribution in [1.29, 1.82) is 0 Å². The van der Waals surface area contributed by atoms with Crippen LogP contribution in [0.15, 0.2) is 48.5 Å². The Bertz CT molecular complexity index is 473. The van der Waals surface area contributed by atoms with Crippen LogP contribution < -0.4 is 5.32 Å². The Morgan fingerprint density at radius 2 is 1.50 bits per heavy atom. The van der Waals surface area contributed by atoms with E-state index in [0.717, 1.165) is 12.2 Å². The number of hydrogen-bond acceptors (Lipinski definition) is 2. The molecule has 94 valence electrons. The zero-order valence-corrected chi connectivity index (χ0v) is 10.9. The standard InChI is InChI=1S/C16H19NO/c1-13-3-9-16(10-4-13)17-11-14-5-7-15(8-6-14)12-18-2/h3-10,17H,11-12H2,1-2H3. The molecule has 0 saturated carbocycles. The van der Waals surface area contributed by atoms with E-state index < -0.39 is 0 Å². The van der Waals surface area contributed by atoms with Crippen LogP contribution in [0.2, 0.25) is 0 Å². The van der Waals surface area contributed by atoms with Crippen LogP contribution in [-0.2, 0) is 17.9 Å². The highest BCUT2D eigenvalue weighted by Crippen LogP contribution is 2.11. The van der Waals surface area contributed by atoms with Crippen molar-refractivity contribution in [3.8, 4) is 0 Å². The van der Waals surface area contributed by atoms with E-state index in [4.69, 9.17) is 4.74 Å². The lowest BCUT2D eigenvalue weighted by Crippen LogP contribution is -1.99. The first kappa shape index (κ1) is 12.7. The van der Waals surface area contributed by atoms with Crippen molar-refractivity contribution < 1.29 is 4.74 Å². The summed E-state index contributed by atoms with van der Waals surface area (Å²) in [5.41, 5.74) is 4.91. The van der Waals surface area contributed by atoms with Gasteiger partial charge in [0.05, 0.1) is 6.61 Å². The monoisotopic (exact) mass is 241 g/mol. The number of anilines is 1. The molecule has 0 bridgehead atoms. The predicted octanol–water partition coefficient (Wildman–Crippen LogP) is 3.75. The van der Waals surface area contributed by atoms with Crippen molar-refractivity contribution in [3.63, 3.8) is 0 Å². The summed E-state index contributed by atoms with van der Waals surface area (Å²) in [4.78, 5) is 0. The molecule has 0 aliphatic rings. The zero-order valence-electron chi connectivity index (χ0n) is 10.9. The van der Waals surface area contributed by atoms with E-state index in [1.807, 2.05) is 0 Å². The fourth-order valence-corrected chi connectivity index (χ4v) is 1.80. The first-order valence-electron chi connectivity index (χ1n) is 6.15. The number of ether oxygens (including phenoxy) is 1. The van der Waals surface area contributed by atoms with Gasteiger partial charge in [-0.1, -0.05) is 42.0 Å². The number of aryl methyl sites for hydroxylation is 1. The van der Waals surface area contributed by atoms with E-state index in [1.54, 1.807) is 7.11 Å². The van der Waals surface area contributed by atoms with Crippen LogP contribution in [-0.4, -0.2) is 7.11 Å². The molecule has 2 nitrogen and oxygen atoms in total. The maximum absolute atomic E-state index is 5.09. The topological polar surface area (TPSA) is 21.3 Å². The highest BCUT2D eigenvalue weighted by molar-refractivity contribution is 5.45. The average Bonchev–Trinajstić information content (AvgIpc) is 2.40. The Balaban J connectivity index is 1.91. The lowest BCUT2D eigenvalue weighted by molar-refractivity contribution is 0.185. The summed E-state index contributed by atoms with van der Waals surface area (Å²) in [6.07, 6.45) is 0. The third kappa shape index (κ3) is 3.60. The Morgan fingerprint density at radius 1 is 0.889 bits per heavy atom. The predicted molar refractivity (Wildman–Crippen MR) is 75.7 cm³/mol. The molecule has 2 aromatic carbocycles. The smallest absolute Gasteiger partial charge is 0.0713 e. The van der Waals surface area contributed by atoms with Crippen molar-refractivity contribution in [2.75, 3.05) is 12.4 Å². The number of rotatable bonds is 5. The molecule has 0 amide bonds. The van der Waals surface area contributed by atoms with Crippen molar-refractivity contribution in [1.82, 2.24) is 0 Å². The van der Waals surface area contributed by atoms with Gasteiger partial charge < -0.3 is 10.1 Å². The third-order valence-electron chi connectivity index (χ3n) is 2.88. The summed E-state index contributed by atoms with van der Waals surface area (Å²) in [6.45, 7) is 3.61. The molecule has 0 unspecified atom stereocenters. The summed E-state index contributed by atoms with van der Waals surface area (Å²) in [5, 5.41) is 3.41. The fraction of sp³-hybridized carbons (Fsp3) is 0.250. The average molecular weight is 241 g/mol. The van der Waals surface area contributed by atoms with Crippen LogP contribution in [0.1, 0.15) is 16.7 Å². The quantitative estimate of drug-likeness (QED) is 0.860. The first-order valence-corrected chi connectivity index (χ1v) is 6.15. The minimum absolute atomic E-state index is 0.672. The fourth-order valence-electron chi connectivity index (χ4n) is 1.80. The molecule has 0 atom stereocenters. The molecule has 0 heterocycles. The Kier molecular flexibility index (Phi) is 4.37. The number of benzene rings is 2. The van der Waals surface area contributed by atoms with Crippen LogP contribution >= 0.6 is 0 Å². The second-order valence-corrected chi connectivity index (χ2v) is 4.47. The molecule has 2 heteroatoms. The summed E-state index contributed by atoms with van der Waals surface area (Å²) in [7, 11) is 1.72. The molecule has 2 rings (SSSR count). The lowest BCUT2D eigenvalue weighted by Gasteiger charge is -2.07. The highest BCUT2D eigenvalue weighted by Gasteiger charge is 1.95. The van der Waals surface area contributed by atoms with Gasteiger partial charge in [0, 0.05) is 19.3 Å². The van der Waals surface area contributed by atoms with Crippen LogP contribution in [0, 0.1) is 6.92 Å². The van der Waals surface area contributed by atoms with Crippen LogP contribution in [0.5, 0.6) is 0 Å². The second kappa shape index (κ2) is 6.22. The van der Waals surface area contributed by atoms with Gasteiger partial charge >= 0.3 is 0 Å². The summed E-state index contributed by atoms with van der Waals surface area (Å²) >= 11 is 0. The molecule has 0 aliphatic carbocycles. The molecule has 0 fully saturated rings. The van der Waals surface area contributed by atoms with Gasteiger partial charge in [-0.3, -0.25) is 0 Å². The second-order valence-electron chi connectivity index (χ2n) is 4.47. The van der Waals surface area contributed by atoms with Gasteiger partial charge in [-0.25, -0.2) is 0 Å². The summed E-state index contributed by atoms with van der Waals surface area (Å²) in [5.74, 6) is 0.